The Balaban J connectivity index is 2.51. The molecule has 0 fully saturated rings. The van der Waals surface area contributed by atoms with Crippen molar-refractivity contribution >= 4 is 10.9 Å². The summed E-state index contributed by atoms with van der Waals surface area (Å²) < 4.78 is 37.5. The summed E-state index contributed by atoms with van der Waals surface area (Å²) in [6, 6.07) is 4.68. The van der Waals surface area contributed by atoms with Crippen LogP contribution in [0, 0.1) is 0 Å². The summed E-state index contributed by atoms with van der Waals surface area (Å²) in [7, 11) is 0. The molecule has 0 atom stereocenters. The first kappa shape index (κ1) is 10.9. The van der Waals surface area contributed by atoms with E-state index in [0.29, 0.717) is 18.5 Å². The number of nitrogens with one attached hydrogen (secondary N) is 1. The van der Waals surface area contributed by atoms with E-state index in [9.17, 15) is 13.2 Å². The molecule has 2 rings (SSSR count). The number of hydrogen-bond donors (Lipinski definition) is 2. The van der Waals surface area contributed by atoms with E-state index >= 15 is 0 Å². The third kappa shape index (κ3) is 1.88. The molecule has 2 aromatic rings. The molecule has 0 amide bonds. The van der Waals surface area contributed by atoms with Crippen LogP contribution in [-0.2, 0) is 12.6 Å². The van der Waals surface area contributed by atoms with Gasteiger partial charge in [-0.05, 0) is 24.6 Å². The number of hydrogen-bond acceptors (Lipinski definition) is 2. The van der Waals surface area contributed by atoms with Gasteiger partial charge in [0.05, 0.1) is 5.52 Å². The van der Waals surface area contributed by atoms with E-state index in [1.165, 1.54) is 6.07 Å². The van der Waals surface area contributed by atoms with Crippen LogP contribution in [0.2, 0.25) is 0 Å². The molecule has 0 saturated heterocycles. The largest absolute Gasteiger partial charge is 0.433 e. The van der Waals surface area contributed by atoms with Gasteiger partial charge in [0.1, 0.15) is 5.69 Å². The van der Waals surface area contributed by atoms with Crippen molar-refractivity contribution in [1.29, 1.82) is 0 Å². The van der Waals surface area contributed by atoms with Gasteiger partial charge in [0.25, 0.3) is 0 Å². The minimum absolute atomic E-state index is 0.0910. The predicted octanol–water partition coefficient (Wildman–Crippen LogP) is 2.08. The summed E-state index contributed by atoms with van der Waals surface area (Å²) in [5.74, 6) is 0. The molecular formula is C10H10F3N3. The summed E-state index contributed by atoms with van der Waals surface area (Å²) >= 11 is 0. The van der Waals surface area contributed by atoms with E-state index in [4.69, 9.17) is 5.73 Å². The molecule has 0 radical (unpaired) electrons. The van der Waals surface area contributed by atoms with Gasteiger partial charge in [0, 0.05) is 5.39 Å². The molecule has 1 heterocycles. The summed E-state index contributed by atoms with van der Waals surface area (Å²) in [5, 5.41) is 5.75. The van der Waals surface area contributed by atoms with Crippen molar-refractivity contribution in [2.75, 3.05) is 6.54 Å². The number of nitrogens with zero attached hydrogens (tertiary/aromatic N) is 1. The molecular weight excluding hydrogens is 219 g/mol. The molecule has 0 unspecified atom stereocenters. The van der Waals surface area contributed by atoms with E-state index < -0.39 is 11.9 Å². The van der Waals surface area contributed by atoms with Gasteiger partial charge in [-0.3, -0.25) is 5.10 Å². The summed E-state index contributed by atoms with van der Waals surface area (Å²) in [5.41, 5.74) is 5.77. The van der Waals surface area contributed by atoms with Crippen molar-refractivity contribution in [3.63, 3.8) is 0 Å². The summed E-state index contributed by atoms with van der Waals surface area (Å²) in [6.07, 6.45) is -3.77. The Morgan fingerprint density at radius 1 is 1.31 bits per heavy atom. The number of fused-ring (bicyclic) bond motifs is 1. The lowest BCUT2D eigenvalue weighted by atomic mass is 10.1. The topological polar surface area (TPSA) is 54.7 Å². The SMILES string of the molecule is NCCc1ccc2c(C(F)(F)F)[nH]nc2c1. The van der Waals surface area contributed by atoms with Crippen LogP contribution in [0.5, 0.6) is 0 Å². The second-order valence-corrected chi connectivity index (χ2v) is 3.49. The molecule has 1 aromatic carbocycles. The van der Waals surface area contributed by atoms with E-state index in [0.717, 1.165) is 5.56 Å². The molecule has 3 nitrogen and oxygen atoms in total. The maximum Gasteiger partial charge on any atom is 0.433 e. The van der Waals surface area contributed by atoms with Crippen molar-refractivity contribution < 1.29 is 13.2 Å². The molecule has 86 valence electrons. The highest BCUT2D eigenvalue weighted by Crippen LogP contribution is 2.33. The normalized spacial score (nSPS) is 12.2. The molecule has 0 aliphatic heterocycles. The fourth-order valence-corrected chi connectivity index (χ4v) is 1.60. The number of aromatic nitrogens is 2. The first-order valence-corrected chi connectivity index (χ1v) is 4.76. The van der Waals surface area contributed by atoms with Gasteiger partial charge in [0.15, 0.2) is 0 Å². The number of alkyl halides is 3. The lowest BCUT2D eigenvalue weighted by molar-refractivity contribution is -0.139. The molecule has 1 aromatic heterocycles. The average molecular weight is 229 g/mol. The lowest BCUT2D eigenvalue weighted by Gasteiger charge is -2.03. The maximum atomic E-state index is 12.5. The molecule has 0 saturated carbocycles. The van der Waals surface area contributed by atoms with Gasteiger partial charge in [-0.25, -0.2) is 0 Å². The zero-order valence-corrected chi connectivity index (χ0v) is 8.30. The Bertz CT molecular complexity index is 501. The third-order valence-electron chi connectivity index (χ3n) is 2.34. The average Bonchev–Trinajstić information content (AvgIpc) is 2.60. The van der Waals surface area contributed by atoms with Gasteiger partial charge in [0.2, 0.25) is 0 Å². The Labute approximate surface area is 89.4 Å². The summed E-state index contributed by atoms with van der Waals surface area (Å²) in [4.78, 5) is 0. The van der Waals surface area contributed by atoms with Crippen molar-refractivity contribution in [3.05, 3.63) is 29.5 Å². The highest BCUT2D eigenvalue weighted by Gasteiger charge is 2.34. The van der Waals surface area contributed by atoms with Crippen LogP contribution >= 0.6 is 0 Å². The predicted molar refractivity (Wildman–Crippen MR) is 53.9 cm³/mol. The zero-order chi connectivity index (χ0) is 11.8. The molecule has 3 N–H and O–H groups in total. The van der Waals surface area contributed by atoms with E-state index in [1.807, 2.05) is 5.10 Å². The molecule has 6 heteroatoms. The number of aromatic amines is 1. The quantitative estimate of drug-likeness (QED) is 0.828. The molecule has 0 bridgehead atoms. The van der Waals surface area contributed by atoms with Gasteiger partial charge in [-0.15, -0.1) is 0 Å². The fourth-order valence-electron chi connectivity index (χ4n) is 1.60. The molecule has 0 aliphatic rings. The molecule has 0 spiro atoms. The zero-order valence-electron chi connectivity index (χ0n) is 8.30. The molecule has 0 aliphatic carbocycles. The third-order valence-corrected chi connectivity index (χ3v) is 2.34. The fraction of sp³-hybridized carbons (Fsp3) is 0.300. The Hall–Kier alpha value is -1.56. The number of rotatable bonds is 2. The minimum atomic E-state index is -4.40. The highest BCUT2D eigenvalue weighted by atomic mass is 19.4. The van der Waals surface area contributed by atoms with Crippen LogP contribution in [0.15, 0.2) is 18.2 Å². The van der Waals surface area contributed by atoms with Crippen LogP contribution in [0.25, 0.3) is 10.9 Å². The smallest absolute Gasteiger partial charge is 0.330 e. The Morgan fingerprint density at radius 2 is 2.06 bits per heavy atom. The first-order valence-electron chi connectivity index (χ1n) is 4.76. The standard InChI is InChI=1S/C10H10F3N3/c11-10(12,13)9-7-2-1-6(3-4-14)5-8(7)15-16-9/h1-2,5H,3-4,14H2,(H,15,16). The Kier molecular flexibility index (Phi) is 2.59. The van der Waals surface area contributed by atoms with Gasteiger partial charge in [-0.1, -0.05) is 12.1 Å². The number of halogens is 3. The van der Waals surface area contributed by atoms with Gasteiger partial charge < -0.3 is 5.73 Å². The van der Waals surface area contributed by atoms with E-state index in [1.54, 1.807) is 12.1 Å². The van der Waals surface area contributed by atoms with Crippen LogP contribution in [0.4, 0.5) is 13.2 Å². The second kappa shape index (κ2) is 3.79. The number of nitrogens with two attached hydrogens (primary N) is 1. The number of H-pyrrole nitrogens is 1. The van der Waals surface area contributed by atoms with E-state index in [2.05, 4.69) is 5.10 Å². The van der Waals surface area contributed by atoms with Crippen molar-refractivity contribution in [2.24, 2.45) is 5.73 Å². The second-order valence-electron chi connectivity index (χ2n) is 3.49. The van der Waals surface area contributed by atoms with E-state index in [-0.39, 0.29) is 5.39 Å². The van der Waals surface area contributed by atoms with Crippen LogP contribution in [-0.4, -0.2) is 16.7 Å². The highest BCUT2D eigenvalue weighted by molar-refractivity contribution is 5.82. The lowest BCUT2D eigenvalue weighted by Crippen LogP contribution is -2.06. The van der Waals surface area contributed by atoms with Gasteiger partial charge >= 0.3 is 6.18 Å². The van der Waals surface area contributed by atoms with Crippen LogP contribution in [0.3, 0.4) is 0 Å². The molecule has 16 heavy (non-hydrogen) atoms. The first-order chi connectivity index (χ1) is 7.52. The van der Waals surface area contributed by atoms with Crippen LogP contribution in [0.1, 0.15) is 11.3 Å². The Morgan fingerprint density at radius 3 is 2.69 bits per heavy atom. The monoisotopic (exact) mass is 229 g/mol. The number of benzene rings is 1. The van der Waals surface area contributed by atoms with Crippen molar-refractivity contribution in [1.82, 2.24) is 10.2 Å². The van der Waals surface area contributed by atoms with Crippen molar-refractivity contribution in [3.8, 4) is 0 Å². The summed E-state index contributed by atoms with van der Waals surface area (Å²) in [6.45, 7) is 0.460. The maximum absolute atomic E-state index is 12.5. The minimum Gasteiger partial charge on any atom is -0.330 e. The van der Waals surface area contributed by atoms with Crippen LogP contribution < -0.4 is 5.73 Å². The van der Waals surface area contributed by atoms with Gasteiger partial charge in [-0.2, -0.15) is 18.3 Å². The van der Waals surface area contributed by atoms with Crippen molar-refractivity contribution in [2.45, 2.75) is 12.6 Å².